The maximum Gasteiger partial charge on any atom is 0.314 e. The van der Waals surface area contributed by atoms with E-state index in [-0.39, 0.29) is 17.8 Å². The second kappa shape index (κ2) is 11.1. The molecule has 0 amide bonds. The van der Waals surface area contributed by atoms with E-state index in [1.165, 1.54) is 16.7 Å². The van der Waals surface area contributed by atoms with E-state index in [2.05, 4.69) is 58.9 Å². The molecule has 3 rings (SSSR count). The van der Waals surface area contributed by atoms with E-state index in [0.29, 0.717) is 30.6 Å². The number of hydrogen-bond acceptors (Lipinski definition) is 2. The summed E-state index contributed by atoms with van der Waals surface area (Å²) in [6, 6.07) is 0. The molecule has 3 aliphatic carbocycles. The summed E-state index contributed by atoms with van der Waals surface area (Å²) in [6.07, 6.45) is 18.1. The Morgan fingerprint density at radius 2 is 1.76 bits per heavy atom. The molecule has 3 aliphatic rings. The standard InChI is InChI=1S/C30H44O4/c1-19(2)7-6-8-21(4)25-13-14-30(29(33)34)26(15-20(3)16-27(30)18-25)17-22(5)23-9-11-24(12-10-23)28(31)32/h7,13-15,17,21,23-27H,6,8-12,16,18H2,1-5H3,(H,31,32)(H,33,34)/b22-17+/t21-,23?,24?,25+,26-,27-,30+/m0/s1. The normalized spacial score (nSPS) is 34.6. The second-order valence-corrected chi connectivity index (χ2v) is 11.6. The van der Waals surface area contributed by atoms with Crippen LogP contribution in [0.1, 0.15) is 86.0 Å². The minimum absolute atomic E-state index is 0.104. The van der Waals surface area contributed by atoms with Gasteiger partial charge in [0.15, 0.2) is 0 Å². The fourth-order valence-corrected chi connectivity index (χ4v) is 6.62. The van der Waals surface area contributed by atoms with Gasteiger partial charge in [0.05, 0.1) is 11.3 Å². The van der Waals surface area contributed by atoms with Crippen LogP contribution in [0.3, 0.4) is 0 Å². The van der Waals surface area contributed by atoms with E-state index in [0.717, 1.165) is 38.5 Å². The maximum atomic E-state index is 12.8. The summed E-state index contributed by atoms with van der Waals surface area (Å²) < 4.78 is 0. The van der Waals surface area contributed by atoms with Crippen LogP contribution in [0.2, 0.25) is 0 Å². The van der Waals surface area contributed by atoms with Gasteiger partial charge in [-0.05, 0) is 103 Å². The van der Waals surface area contributed by atoms with E-state index >= 15 is 0 Å². The van der Waals surface area contributed by atoms with Gasteiger partial charge in [0.1, 0.15) is 0 Å². The highest BCUT2D eigenvalue weighted by atomic mass is 16.4. The Kier molecular flexibility index (Phi) is 8.65. The van der Waals surface area contributed by atoms with Crippen molar-refractivity contribution in [3.8, 4) is 0 Å². The molecule has 34 heavy (non-hydrogen) atoms. The maximum absolute atomic E-state index is 12.8. The van der Waals surface area contributed by atoms with E-state index < -0.39 is 17.4 Å². The number of allylic oxidation sites excluding steroid dienone is 7. The number of fused-ring (bicyclic) bond motifs is 1. The Balaban J connectivity index is 1.82. The summed E-state index contributed by atoms with van der Waals surface area (Å²) in [5.41, 5.74) is 2.99. The van der Waals surface area contributed by atoms with Crippen LogP contribution < -0.4 is 0 Å². The number of rotatable bonds is 8. The minimum Gasteiger partial charge on any atom is -0.481 e. The third-order valence-corrected chi connectivity index (χ3v) is 8.87. The van der Waals surface area contributed by atoms with Crippen LogP contribution in [0.5, 0.6) is 0 Å². The van der Waals surface area contributed by atoms with Crippen LogP contribution in [0.25, 0.3) is 0 Å². The molecule has 1 fully saturated rings. The van der Waals surface area contributed by atoms with Crippen molar-refractivity contribution >= 4 is 11.9 Å². The number of hydrogen-bond donors (Lipinski definition) is 2. The van der Waals surface area contributed by atoms with Gasteiger partial charge in [0.25, 0.3) is 0 Å². The van der Waals surface area contributed by atoms with E-state index in [1.807, 2.05) is 6.08 Å². The summed E-state index contributed by atoms with van der Waals surface area (Å²) in [4.78, 5) is 24.2. The van der Waals surface area contributed by atoms with Crippen molar-refractivity contribution in [3.05, 3.63) is 47.1 Å². The van der Waals surface area contributed by atoms with Crippen molar-refractivity contribution in [1.29, 1.82) is 0 Å². The minimum atomic E-state index is -0.880. The Hall–Kier alpha value is -2.10. The van der Waals surface area contributed by atoms with E-state index in [9.17, 15) is 19.8 Å². The van der Waals surface area contributed by atoms with Crippen LogP contribution in [0.15, 0.2) is 47.1 Å². The van der Waals surface area contributed by atoms with Gasteiger partial charge >= 0.3 is 11.9 Å². The van der Waals surface area contributed by atoms with Gasteiger partial charge in [-0.2, -0.15) is 0 Å². The third kappa shape index (κ3) is 5.75. The monoisotopic (exact) mass is 468 g/mol. The van der Waals surface area contributed by atoms with E-state index in [4.69, 9.17) is 0 Å². The molecule has 4 heteroatoms. The van der Waals surface area contributed by atoms with Gasteiger partial charge in [0.2, 0.25) is 0 Å². The van der Waals surface area contributed by atoms with Crippen molar-refractivity contribution < 1.29 is 19.8 Å². The first-order valence-corrected chi connectivity index (χ1v) is 13.2. The van der Waals surface area contributed by atoms with Gasteiger partial charge in [-0.15, -0.1) is 0 Å². The SMILES string of the molecule is CC(C)=CCC[C@H](C)[C@@H]1C=C[C@]2(C(=O)O)[C@@H](CC(C)=C[C@H]2/C=C(\C)C2CCC(C(=O)O)CC2)C1. The molecule has 0 heterocycles. The first-order chi connectivity index (χ1) is 16.0. The Labute approximate surface area is 205 Å². The van der Waals surface area contributed by atoms with Crippen LogP contribution >= 0.6 is 0 Å². The van der Waals surface area contributed by atoms with Crippen molar-refractivity contribution in [1.82, 2.24) is 0 Å². The highest BCUT2D eigenvalue weighted by Gasteiger charge is 2.52. The zero-order valence-corrected chi connectivity index (χ0v) is 21.7. The van der Waals surface area contributed by atoms with Crippen LogP contribution in [-0.4, -0.2) is 22.2 Å². The smallest absolute Gasteiger partial charge is 0.314 e. The Bertz CT molecular complexity index is 879. The zero-order valence-electron chi connectivity index (χ0n) is 21.7. The lowest BCUT2D eigenvalue weighted by Gasteiger charge is -2.47. The quantitative estimate of drug-likeness (QED) is 0.363. The lowest BCUT2D eigenvalue weighted by molar-refractivity contribution is -0.152. The number of aliphatic carboxylic acids is 2. The molecule has 188 valence electrons. The Morgan fingerprint density at radius 1 is 1.12 bits per heavy atom. The number of carbonyl (C=O) groups is 2. The second-order valence-electron chi connectivity index (χ2n) is 11.6. The first kappa shape index (κ1) is 26.5. The molecule has 1 saturated carbocycles. The average molecular weight is 469 g/mol. The van der Waals surface area contributed by atoms with E-state index in [1.54, 1.807) is 0 Å². The lowest BCUT2D eigenvalue weighted by Crippen LogP contribution is -2.47. The molecule has 0 radical (unpaired) electrons. The molecule has 4 nitrogen and oxygen atoms in total. The van der Waals surface area contributed by atoms with Crippen molar-refractivity contribution in [2.24, 2.45) is 40.9 Å². The molecular formula is C30H44O4. The molecule has 0 aromatic carbocycles. The lowest BCUT2D eigenvalue weighted by atomic mass is 9.55. The number of carboxylic acid groups (broad SMARTS) is 2. The molecule has 0 unspecified atom stereocenters. The van der Waals surface area contributed by atoms with Crippen molar-refractivity contribution in [3.63, 3.8) is 0 Å². The van der Waals surface area contributed by atoms with Gasteiger partial charge in [0, 0.05) is 5.92 Å². The summed E-state index contributed by atoms with van der Waals surface area (Å²) in [6.45, 7) is 10.8. The molecule has 5 atom stereocenters. The molecular weight excluding hydrogens is 424 g/mol. The average Bonchev–Trinajstić information content (AvgIpc) is 2.78. The predicted octanol–water partition coefficient (Wildman–Crippen LogP) is 7.44. The molecule has 0 aliphatic heterocycles. The largest absolute Gasteiger partial charge is 0.481 e. The molecule has 0 spiro atoms. The van der Waals surface area contributed by atoms with Crippen molar-refractivity contribution in [2.45, 2.75) is 86.0 Å². The zero-order chi connectivity index (χ0) is 25.0. The van der Waals surface area contributed by atoms with Gasteiger partial charge in [-0.1, -0.05) is 54.0 Å². The number of carboxylic acids is 2. The Morgan fingerprint density at radius 3 is 2.35 bits per heavy atom. The van der Waals surface area contributed by atoms with Crippen LogP contribution in [0.4, 0.5) is 0 Å². The highest BCUT2D eigenvalue weighted by molar-refractivity contribution is 5.80. The molecule has 0 aromatic rings. The van der Waals surface area contributed by atoms with Gasteiger partial charge in [-0.3, -0.25) is 9.59 Å². The fraction of sp³-hybridized carbons (Fsp3) is 0.667. The van der Waals surface area contributed by atoms with Crippen LogP contribution in [-0.2, 0) is 9.59 Å². The first-order valence-electron chi connectivity index (χ1n) is 13.2. The molecule has 2 N–H and O–H groups in total. The topological polar surface area (TPSA) is 74.6 Å². The van der Waals surface area contributed by atoms with Crippen LogP contribution in [0, 0.1) is 40.9 Å². The molecule has 0 saturated heterocycles. The summed E-state index contributed by atoms with van der Waals surface area (Å²) in [7, 11) is 0. The third-order valence-electron chi connectivity index (χ3n) is 8.87. The van der Waals surface area contributed by atoms with Crippen molar-refractivity contribution in [2.75, 3.05) is 0 Å². The summed E-state index contributed by atoms with van der Waals surface area (Å²) in [5, 5.41) is 19.9. The van der Waals surface area contributed by atoms with Gasteiger partial charge < -0.3 is 10.2 Å². The van der Waals surface area contributed by atoms with Gasteiger partial charge in [-0.25, -0.2) is 0 Å². The predicted molar refractivity (Wildman–Crippen MR) is 137 cm³/mol. The summed E-state index contributed by atoms with van der Waals surface area (Å²) in [5.74, 6) is -0.367. The fourth-order valence-electron chi connectivity index (χ4n) is 6.62. The highest BCUT2D eigenvalue weighted by Crippen LogP contribution is 2.53. The molecule has 0 bridgehead atoms. The summed E-state index contributed by atoms with van der Waals surface area (Å²) >= 11 is 0. The molecule has 0 aromatic heterocycles.